The van der Waals surface area contributed by atoms with Gasteiger partial charge in [-0.3, -0.25) is 0 Å². The highest BCUT2D eigenvalue weighted by Crippen LogP contribution is 2.15. The first-order valence-electron chi connectivity index (χ1n) is 5.71. The van der Waals surface area contributed by atoms with Gasteiger partial charge in [-0.05, 0) is 19.4 Å². The van der Waals surface area contributed by atoms with Gasteiger partial charge in [-0.2, -0.15) is 0 Å². The summed E-state index contributed by atoms with van der Waals surface area (Å²) < 4.78 is 0. The first-order chi connectivity index (χ1) is 8.16. The van der Waals surface area contributed by atoms with Gasteiger partial charge in [0, 0.05) is 23.9 Å². The van der Waals surface area contributed by atoms with Crippen LogP contribution in [0.5, 0.6) is 0 Å². The van der Waals surface area contributed by atoms with Crippen molar-refractivity contribution in [3.63, 3.8) is 0 Å². The Labute approximate surface area is 101 Å². The summed E-state index contributed by atoms with van der Waals surface area (Å²) in [6, 6.07) is 10.1. The van der Waals surface area contributed by atoms with Crippen LogP contribution < -0.4 is 0 Å². The molecule has 1 aromatic carbocycles. The molecular formula is C14H16N2O. The quantitative estimate of drug-likeness (QED) is 0.877. The van der Waals surface area contributed by atoms with E-state index < -0.39 is 6.10 Å². The number of aromatic nitrogens is 2. The Kier molecular flexibility index (Phi) is 3.49. The van der Waals surface area contributed by atoms with Crippen molar-refractivity contribution in [2.75, 3.05) is 0 Å². The second-order valence-corrected chi connectivity index (χ2v) is 4.17. The molecule has 2 rings (SSSR count). The molecule has 0 spiro atoms. The lowest BCUT2D eigenvalue weighted by atomic mass is 10.1. The molecule has 1 N–H and O–H groups in total. The van der Waals surface area contributed by atoms with Crippen LogP contribution in [0.15, 0.2) is 36.5 Å². The Hall–Kier alpha value is -1.74. The van der Waals surface area contributed by atoms with E-state index >= 15 is 0 Å². The lowest BCUT2D eigenvalue weighted by Gasteiger charge is -2.08. The zero-order valence-corrected chi connectivity index (χ0v) is 10.1. The van der Waals surface area contributed by atoms with Crippen molar-refractivity contribution in [1.29, 1.82) is 0 Å². The average Bonchev–Trinajstić information content (AvgIpc) is 2.30. The predicted octanol–water partition coefficient (Wildman–Crippen LogP) is 2.43. The summed E-state index contributed by atoms with van der Waals surface area (Å²) in [5.41, 5.74) is 2.83. The molecule has 0 radical (unpaired) electrons. The second kappa shape index (κ2) is 5.06. The van der Waals surface area contributed by atoms with Gasteiger partial charge in [-0.1, -0.05) is 30.3 Å². The van der Waals surface area contributed by atoms with Gasteiger partial charge >= 0.3 is 0 Å². The number of rotatable bonds is 3. The number of hydrogen-bond acceptors (Lipinski definition) is 3. The van der Waals surface area contributed by atoms with E-state index in [-0.39, 0.29) is 0 Å². The number of benzene rings is 1. The molecule has 0 saturated carbocycles. The fraction of sp³-hybridized carbons (Fsp3) is 0.286. The van der Waals surface area contributed by atoms with Gasteiger partial charge in [0.25, 0.3) is 0 Å². The topological polar surface area (TPSA) is 46.0 Å². The van der Waals surface area contributed by atoms with Gasteiger partial charge < -0.3 is 5.11 Å². The molecule has 0 aliphatic rings. The summed E-state index contributed by atoms with van der Waals surface area (Å²) in [6.45, 7) is 3.63. The summed E-state index contributed by atoms with van der Waals surface area (Å²) in [5.74, 6) is 0.790. The smallest absolute Gasteiger partial charge is 0.132 e. The lowest BCUT2D eigenvalue weighted by Crippen LogP contribution is -2.04. The van der Waals surface area contributed by atoms with E-state index in [2.05, 4.69) is 22.1 Å². The third-order valence-electron chi connectivity index (χ3n) is 2.72. The van der Waals surface area contributed by atoms with Gasteiger partial charge in [0.1, 0.15) is 5.82 Å². The lowest BCUT2D eigenvalue weighted by molar-refractivity contribution is 0.197. The molecule has 0 unspecified atom stereocenters. The zero-order valence-electron chi connectivity index (χ0n) is 10.1. The van der Waals surface area contributed by atoms with Crippen molar-refractivity contribution >= 4 is 0 Å². The molecule has 3 nitrogen and oxygen atoms in total. The van der Waals surface area contributed by atoms with Gasteiger partial charge in [0.15, 0.2) is 0 Å². The van der Waals surface area contributed by atoms with Crippen molar-refractivity contribution in [1.82, 2.24) is 9.97 Å². The monoisotopic (exact) mass is 228 g/mol. The first kappa shape index (κ1) is 11.7. The van der Waals surface area contributed by atoms with Crippen LogP contribution in [0.3, 0.4) is 0 Å². The van der Waals surface area contributed by atoms with Crippen LogP contribution in [0, 0.1) is 6.92 Å². The van der Waals surface area contributed by atoms with Crippen LogP contribution in [-0.2, 0) is 6.42 Å². The number of nitrogens with zero attached hydrogens (tertiary/aromatic N) is 2. The Balaban J connectivity index is 2.21. The highest BCUT2D eigenvalue weighted by molar-refractivity contribution is 5.22. The summed E-state index contributed by atoms with van der Waals surface area (Å²) in [7, 11) is 0. The first-order valence-corrected chi connectivity index (χ1v) is 5.71. The molecule has 1 atom stereocenters. The maximum Gasteiger partial charge on any atom is 0.132 e. The van der Waals surface area contributed by atoms with Crippen LogP contribution >= 0.6 is 0 Å². The van der Waals surface area contributed by atoms with Crippen molar-refractivity contribution in [2.24, 2.45) is 0 Å². The van der Waals surface area contributed by atoms with Gasteiger partial charge in [0.05, 0.1) is 6.10 Å². The Bertz CT molecular complexity index is 495. The van der Waals surface area contributed by atoms with Crippen molar-refractivity contribution in [3.8, 4) is 0 Å². The molecule has 0 aliphatic carbocycles. The molecular weight excluding hydrogens is 212 g/mol. The molecule has 17 heavy (non-hydrogen) atoms. The molecule has 0 saturated heterocycles. The molecule has 0 bridgehead atoms. The van der Waals surface area contributed by atoms with Crippen LogP contribution in [-0.4, -0.2) is 15.1 Å². The Morgan fingerprint density at radius 3 is 2.53 bits per heavy atom. The van der Waals surface area contributed by atoms with Crippen LogP contribution in [0.2, 0.25) is 0 Å². The third kappa shape index (κ3) is 2.88. The number of hydrogen-bond donors (Lipinski definition) is 1. The van der Waals surface area contributed by atoms with Gasteiger partial charge in [0.2, 0.25) is 0 Å². The summed E-state index contributed by atoms with van der Waals surface area (Å²) >= 11 is 0. The molecule has 1 heterocycles. The molecule has 1 aromatic heterocycles. The summed E-state index contributed by atoms with van der Waals surface area (Å²) in [4.78, 5) is 8.70. The number of aryl methyl sites for hydroxylation is 1. The molecule has 2 aromatic rings. The van der Waals surface area contributed by atoms with Crippen LogP contribution in [0.4, 0.5) is 0 Å². The maximum atomic E-state index is 9.51. The Morgan fingerprint density at radius 1 is 1.24 bits per heavy atom. The predicted molar refractivity (Wildman–Crippen MR) is 66.7 cm³/mol. The minimum Gasteiger partial charge on any atom is -0.389 e. The summed E-state index contributed by atoms with van der Waals surface area (Å²) in [5, 5.41) is 9.51. The molecule has 0 fully saturated rings. The molecule has 3 heteroatoms. The second-order valence-electron chi connectivity index (χ2n) is 4.17. The minimum atomic E-state index is -0.513. The normalized spacial score (nSPS) is 12.4. The zero-order chi connectivity index (χ0) is 12.3. The fourth-order valence-corrected chi connectivity index (χ4v) is 1.80. The number of aliphatic hydroxyl groups is 1. The third-order valence-corrected chi connectivity index (χ3v) is 2.72. The standard InChI is InChI=1S/C14H16N2O/c1-10-13(11(2)17)9-15-14(16-10)8-12-6-4-3-5-7-12/h3-7,9,11,17H,8H2,1-2H3/t11-/m0/s1. The minimum absolute atomic E-state index is 0.513. The van der Waals surface area contributed by atoms with E-state index in [4.69, 9.17) is 0 Å². The van der Waals surface area contributed by atoms with E-state index in [1.807, 2.05) is 25.1 Å². The van der Waals surface area contributed by atoms with Crippen molar-refractivity contribution in [2.45, 2.75) is 26.4 Å². The molecule has 0 amide bonds. The molecule has 0 aliphatic heterocycles. The summed E-state index contributed by atoms with van der Waals surface area (Å²) in [6.07, 6.45) is 1.92. The highest BCUT2D eigenvalue weighted by Gasteiger charge is 2.08. The largest absolute Gasteiger partial charge is 0.389 e. The Morgan fingerprint density at radius 2 is 1.94 bits per heavy atom. The highest BCUT2D eigenvalue weighted by atomic mass is 16.3. The van der Waals surface area contributed by atoms with Gasteiger partial charge in [-0.25, -0.2) is 9.97 Å². The van der Waals surface area contributed by atoms with E-state index in [0.29, 0.717) is 0 Å². The number of aliphatic hydroxyl groups excluding tert-OH is 1. The van der Waals surface area contributed by atoms with E-state index in [1.54, 1.807) is 13.1 Å². The average molecular weight is 228 g/mol. The van der Waals surface area contributed by atoms with Crippen LogP contribution in [0.1, 0.15) is 35.7 Å². The van der Waals surface area contributed by atoms with E-state index in [1.165, 1.54) is 5.56 Å². The van der Waals surface area contributed by atoms with Gasteiger partial charge in [-0.15, -0.1) is 0 Å². The van der Waals surface area contributed by atoms with Crippen LogP contribution in [0.25, 0.3) is 0 Å². The maximum absolute atomic E-state index is 9.51. The SMILES string of the molecule is Cc1nc(Cc2ccccc2)ncc1[C@H](C)O. The van der Waals surface area contributed by atoms with Crippen molar-refractivity contribution < 1.29 is 5.11 Å². The fourth-order valence-electron chi connectivity index (χ4n) is 1.80. The van der Waals surface area contributed by atoms with Crippen molar-refractivity contribution in [3.05, 3.63) is 59.2 Å². The van der Waals surface area contributed by atoms with E-state index in [9.17, 15) is 5.11 Å². The molecule has 88 valence electrons. The van der Waals surface area contributed by atoms with E-state index in [0.717, 1.165) is 23.5 Å².